The van der Waals surface area contributed by atoms with E-state index in [1.807, 2.05) is 26.0 Å². The summed E-state index contributed by atoms with van der Waals surface area (Å²) in [4.78, 5) is 36.5. The number of aryl methyl sites for hydroxylation is 2. The van der Waals surface area contributed by atoms with Crippen molar-refractivity contribution in [2.75, 3.05) is 38.1 Å². The summed E-state index contributed by atoms with van der Waals surface area (Å²) in [6.45, 7) is 7.95. The van der Waals surface area contributed by atoms with E-state index in [1.54, 1.807) is 29.0 Å². The lowest BCUT2D eigenvalue weighted by Gasteiger charge is -2.33. The fraction of sp³-hybridized carbons (Fsp3) is 0.400. The van der Waals surface area contributed by atoms with Crippen LogP contribution in [-0.2, 0) is 4.74 Å². The Morgan fingerprint density at radius 3 is 2.36 bits per heavy atom. The zero-order valence-corrected chi connectivity index (χ0v) is 16.4. The molecule has 0 radical (unpaired) electrons. The Bertz CT molecular complexity index is 842. The van der Waals surface area contributed by atoms with Crippen molar-refractivity contribution in [2.24, 2.45) is 0 Å². The van der Waals surface area contributed by atoms with E-state index in [4.69, 9.17) is 4.74 Å². The van der Waals surface area contributed by atoms with Gasteiger partial charge in [-0.25, -0.2) is 14.8 Å². The molecule has 1 aliphatic rings. The van der Waals surface area contributed by atoms with Crippen LogP contribution in [0.4, 0.5) is 16.4 Å². The molecule has 148 valence electrons. The minimum absolute atomic E-state index is 0.172. The van der Waals surface area contributed by atoms with Crippen LogP contribution in [0.5, 0.6) is 0 Å². The number of nitrogens with one attached hydrogen (secondary N) is 1. The minimum Gasteiger partial charge on any atom is -0.450 e. The number of nitrogens with zero attached hydrogens (tertiary/aromatic N) is 4. The number of rotatable bonds is 4. The van der Waals surface area contributed by atoms with Gasteiger partial charge in [-0.15, -0.1) is 0 Å². The van der Waals surface area contributed by atoms with Crippen molar-refractivity contribution in [3.63, 3.8) is 0 Å². The predicted molar refractivity (Wildman–Crippen MR) is 106 cm³/mol. The molecule has 1 fully saturated rings. The van der Waals surface area contributed by atoms with E-state index in [-0.39, 0.29) is 12.0 Å². The minimum atomic E-state index is -0.337. The highest BCUT2D eigenvalue weighted by atomic mass is 16.6. The van der Waals surface area contributed by atoms with Gasteiger partial charge in [-0.3, -0.25) is 4.79 Å². The highest BCUT2D eigenvalue weighted by molar-refractivity contribution is 5.92. The average Bonchev–Trinajstić information content (AvgIpc) is 2.67. The Kier molecular flexibility index (Phi) is 6.08. The molecule has 0 saturated carbocycles. The molecule has 2 amide bonds. The highest BCUT2D eigenvalue weighted by Gasteiger charge is 2.26. The van der Waals surface area contributed by atoms with Crippen molar-refractivity contribution >= 4 is 23.6 Å². The molecule has 1 aromatic heterocycles. The molecule has 0 atom stereocenters. The van der Waals surface area contributed by atoms with Gasteiger partial charge in [0.15, 0.2) is 0 Å². The monoisotopic (exact) mass is 383 g/mol. The second kappa shape index (κ2) is 8.69. The molecule has 8 nitrogen and oxygen atoms in total. The molecule has 0 aliphatic carbocycles. The molecule has 1 saturated heterocycles. The molecule has 0 unspecified atom stereocenters. The van der Waals surface area contributed by atoms with Crippen LogP contribution in [0.3, 0.4) is 0 Å². The Balaban J connectivity index is 1.65. The highest BCUT2D eigenvalue weighted by Crippen LogP contribution is 2.17. The van der Waals surface area contributed by atoms with Crippen LogP contribution in [-0.4, -0.2) is 64.6 Å². The largest absolute Gasteiger partial charge is 0.450 e. The van der Waals surface area contributed by atoms with Crippen molar-refractivity contribution in [3.05, 3.63) is 47.3 Å². The van der Waals surface area contributed by atoms with Crippen molar-refractivity contribution in [2.45, 2.75) is 20.8 Å². The lowest BCUT2D eigenvalue weighted by atomic mass is 10.1. The van der Waals surface area contributed by atoms with Crippen molar-refractivity contribution in [3.8, 4) is 0 Å². The molecular weight excluding hydrogens is 358 g/mol. The molecule has 2 aromatic rings. The average molecular weight is 383 g/mol. The number of amides is 2. The lowest BCUT2D eigenvalue weighted by Crippen LogP contribution is -2.50. The van der Waals surface area contributed by atoms with Crippen molar-refractivity contribution in [1.29, 1.82) is 0 Å². The SMILES string of the molecule is CCOC(=O)N1CCN(C(=O)c2ccnc(Nc3cc(C)cc(C)c3)n2)CC1. The third kappa shape index (κ3) is 4.76. The number of piperazine rings is 1. The maximum atomic E-state index is 12.8. The summed E-state index contributed by atoms with van der Waals surface area (Å²) in [6.07, 6.45) is 1.23. The standard InChI is InChI=1S/C20H25N5O3/c1-4-28-20(27)25-9-7-24(8-10-25)18(26)17-5-6-21-19(23-17)22-16-12-14(2)11-15(3)13-16/h5-6,11-13H,4,7-10H2,1-3H3,(H,21,22,23). The maximum absolute atomic E-state index is 12.8. The van der Waals surface area contributed by atoms with E-state index >= 15 is 0 Å². The topological polar surface area (TPSA) is 87.7 Å². The molecule has 1 aliphatic heterocycles. The normalized spacial score (nSPS) is 14.0. The second-order valence-electron chi connectivity index (χ2n) is 6.75. The summed E-state index contributed by atoms with van der Waals surface area (Å²) >= 11 is 0. The van der Waals surface area contributed by atoms with Gasteiger partial charge in [-0.2, -0.15) is 0 Å². The molecule has 2 heterocycles. The smallest absolute Gasteiger partial charge is 0.409 e. The molecule has 8 heteroatoms. The van der Waals surface area contributed by atoms with Crippen LogP contribution in [0.15, 0.2) is 30.5 Å². The molecular formula is C20H25N5O3. The summed E-state index contributed by atoms with van der Waals surface area (Å²) in [5.74, 6) is 0.204. The quantitative estimate of drug-likeness (QED) is 0.873. The van der Waals surface area contributed by atoms with Gasteiger partial charge in [-0.05, 0) is 50.1 Å². The van der Waals surface area contributed by atoms with Crippen LogP contribution < -0.4 is 5.32 Å². The van der Waals surface area contributed by atoms with Crippen LogP contribution in [0.25, 0.3) is 0 Å². The fourth-order valence-electron chi connectivity index (χ4n) is 3.18. The Labute approximate surface area is 164 Å². The fourth-order valence-corrected chi connectivity index (χ4v) is 3.18. The van der Waals surface area contributed by atoms with Gasteiger partial charge < -0.3 is 19.9 Å². The third-order valence-electron chi connectivity index (χ3n) is 4.45. The molecule has 0 bridgehead atoms. The van der Waals surface area contributed by atoms with Gasteiger partial charge in [0.25, 0.3) is 5.91 Å². The predicted octanol–water partition coefficient (Wildman–Crippen LogP) is 2.75. The van der Waals surface area contributed by atoms with Gasteiger partial charge in [0.1, 0.15) is 5.69 Å². The van der Waals surface area contributed by atoms with E-state index in [1.165, 1.54) is 0 Å². The Morgan fingerprint density at radius 1 is 1.07 bits per heavy atom. The van der Waals surface area contributed by atoms with Gasteiger partial charge in [0.2, 0.25) is 5.95 Å². The van der Waals surface area contributed by atoms with Crippen molar-refractivity contribution < 1.29 is 14.3 Å². The molecule has 1 aromatic carbocycles. The second-order valence-corrected chi connectivity index (χ2v) is 6.75. The summed E-state index contributed by atoms with van der Waals surface area (Å²) in [6, 6.07) is 7.69. The van der Waals surface area contributed by atoms with E-state index in [2.05, 4.69) is 21.4 Å². The van der Waals surface area contributed by atoms with E-state index in [9.17, 15) is 9.59 Å². The first-order valence-electron chi connectivity index (χ1n) is 9.35. The molecule has 0 spiro atoms. The molecule has 28 heavy (non-hydrogen) atoms. The van der Waals surface area contributed by atoms with E-state index in [0.29, 0.717) is 44.4 Å². The van der Waals surface area contributed by atoms with Gasteiger partial charge in [-0.1, -0.05) is 6.07 Å². The number of benzene rings is 1. The first kappa shape index (κ1) is 19.6. The number of hydrogen-bond acceptors (Lipinski definition) is 6. The number of ether oxygens (including phenoxy) is 1. The van der Waals surface area contributed by atoms with Crippen molar-refractivity contribution in [1.82, 2.24) is 19.8 Å². The van der Waals surface area contributed by atoms with Gasteiger partial charge >= 0.3 is 6.09 Å². The van der Waals surface area contributed by atoms with Crippen LogP contribution in [0.2, 0.25) is 0 Å². The first-order chi connectivity index (χ1) is 13.5. The van der Waals surface area contributed by atoms with Gasteiger partial charge in [0.05, 0.1) is 6.61 Å². The maximum Gasteiger partial charge on any atom is 0.409 e. The number of hydrogen-bond donors (Lipinski definition) is 1. The van der Waals surface area contributed by atoms with E-state index in [0.717, 1.165) is 16.8 Å². The van der Waals surface area contributed by atoms with Crippen LogP contribution in [0, 0.1) is 13.8 Å². The third-order valence-corrected chi connectivity index (χ3v) is 4.45. The first-order valence-corrected chi connectivity index (χ1v) is 9.35. The summed E-state index contributed by atoms with van der Waals surface area (Å²) in [7, 11) is 0. The summed E-state index contributed by atoms with van der Waals surface area (Å²) in [5, 5.41) is 3.16. The number of aromatic nitrogens is 2. The molecule has 1 N–H and O–H groups in total. The number of carbonyl (C=O) groups is 2. The zero-order valence-electron chi connectivity index (χ0n) is 16.4. The summed E-state index contributed by atoms with van der Waals surface area (Å²) < 4.78 is 5.01. The number of carbonyl (C=O) groups excluding carboxylic acids is 2. The Hall–Kier alpha value is -3.16. The number of anilines is 2. The van der Waals surface area contributed by atoms with Crippen LogP contribution >= 0.6 is 0 Å². The van der Waals surface area contributed by atoms with Crippen LogP contribution in [0.1, 0.15) is 28.5 Å². The van der Waals surface area contributed by atoms with Gasteiger partial charge in [0, 0.05) is 38.1 Å². The molecule has 3 rings (SSSR count). The lowest BCUT2D eigenvalue weighted by molar-refractivity contribution is 0.0566. The Morgan fingerprint density at radius 2 is 1.71 bits per heavy atom. The van der Waals surface area contributed by atoms with E-state index < -0.39 is 0 Å². The summed E-state index contributed by atoms with van der Waals surface area (Å²) in [5.41, 5.74) is 3.47. The zero-order chi connectivity index (χ0) is 20.1.